The molecule has 27 heavy (non-hydrogen) atoms. The lowest BCUT2D eigenvalue weighted by Crippen LogP contribution is -2.27. The molecule has 3 N–H and O–H groups in total. The smallest absolute Gasteiger partial charge is 0.326 e. The van der Waals surface area contributed by atoms with E-state index in [0.29, 0.717) is 36.3 Å². The van der Waals surface area contributed by atoms with Crippen LogP contribution in [-0.2, 0) is 6.54 Å². The highest BCUT2D eigenvalue weighted by Gasteiger charge is 2.24. The van der Waals surface area contributed by atoms with Gasteiger partial charge >= 0.3 is 5.69 Å². The lowest BCUT2D eigenvalue weighted by atomic mass is 9.93. The van der Waals surface area contributed by atoms with Crippen molar-refractivity contribution in [2.24, 2.45) is 0 Å². The van der Waals surface area contributed by atoms with Crippen molar-refractivity contribution in [1.82, 2.24) is 24.4 Å². The Hall–Kier alpha value is -2.87. The summed E-state index contributed by atoms with van der Waals surface area (Å²) in [7, 11) is 1.72. The summed E-state index contributed by atoms with van der Waals surface area (Å²) in [4.78, 5) is 36.8. The maximum Gasteiger partial charge on any atom is 0.326 e. The summed E-state index contributed by atoms with van der Waals surface area (Å²) in [5.74, 6) is 0.577. The minimum atomic E-state index is -0.268. The first-order valence-electron chi connectivity index (χ1n) is 9.19. The van der Waals surface area contributed by atoms with E-state index in [2.05, 4.69) is 15.0 Å². The van der Waals surface area contributed by atoms with Gasteiger partial charge in [-0.15, -0.1) is 0 Å². The highest BCUT2D eigenvalue weighted by atomic mass is 16.3. The molecule has 1 amide bonds. The van der Waals surface area contributed by atoms with Crippen LogP contribution in [0.4, 0.5) is 0 Å². The number of imidazole rings is 2. The van der Waals surface area contributed by atoms with Crippen LogP contribution in [0.3, 0.4) is 0 Å². The molecule has 1 aliphatic rings. The lowest BCUT2D eigenvalue weighted by Gasteiger charge is -2.26. The Morgan fingerprint density at radius 1 is 1.33 bits per heavy atom. The lowest BCUT2D eigenvalue weighted by molar-refractivity contribution is 0.0782. The number of nitrogens with zero attached hydrogens (tertiary/aromatic N) is 3. The van der Waals surface area contributed by atoms with E-state index in [9.17, 15) is 14.7 Å². The van der Waals surface area contributed by atoms with Gasteiger partial charge in [0.15, 0.2) is 0 Å². The molecule has 0 saturated heterocycles. The van der Waals surface area contributed by atoms with E-state index in [4.69, 9.17) is 0 Å². The largest absolute Gasteiger partial charge is 0.393 e. The molecule has 2 heterocycles. The standard InChI is InChI=1S/C19H23N5O3/c1-23(11-17-20-8-9-21-17)18(26)12-2-7-16-15(10-12)22-19(27)24(16)13-3-5-14(25)6-4-13/h2,7-10,13-14,25H,3-6,11H2,1H3,(H,20,21)(H,22,27). The summed E-state index contributed by atoms with van der Waals surface area (Å²) < 4.78 is 1.77. The molecule has 1 aromatic carbocycles. The number of carbonyl (C=O) groups is 1. The van der Waals surface area contributed by atoms with Crippen molar-refractivity contribution in [3.8, 4) is 0 Å². The van der Waals surface area contributed by atoms with Crippen LogP contribution in [-0.4, -0.2) is 48.6 Å². The van der Waals surface area contributed by atoms with E-state index in [-0.39, 0.29) is 23.7 Å². The van der Waals surface area contributed by atoms with E-state index in [0.717, 1.165) is 18.4 Å². The summed E-state index contributed by atoms with van der Waals surface area (Å²) in [6, 6.07) is 5.39. The molecule has 0 spiro atoms. The molecule has 4 rings (SSSR count). The molecule has 8 heteroatoms. The third-order valence-electron chi connectivity index (χ3n) is 5.28. The van der Waals surface area contributed by atoms with Gasteiger partial charge in [-0.2, -0.15) is 0 Å². The Bertz CT molecular complexity index is 996. The SMILES string of the molecule is CN(Cc1ncc[nH]1)C(=O)c1ccc2c(c1)[nH]c(=O)n2C1CCC(O)CC1. The van der Waals surface area contributed by atoms with Crippen molar-refractivity contribution in [2.75, 3.05) is 7.05 Å². The molecule has 0 unspecified atom stereocenters. The van der Waals surface area contributed by atoms with Crippen molar-refractivity contribution >= 4 is 16.9 Å². The Morgan fingerprint density at radius 3 is 2.81 bits per heavy atom. The molecule has 8 nitrogen and oxygen atoms in total. The predicted octanol–water partition coefficient (Wildman–Crippen LogP) is 1.80. The van der Waals surface area contributed by atoms with Crippen molar-refractivity contribution < 1.29 is 9.90 Å². The van der Waals surface area contributed by atoms with Crippen LogP contribution in [0, 0.1) is 0 Å². The molecule has 0 aliphatic heterocycles. The van der Waals surface area contributed by atoms with Crippen molar-refractivity contribution in [2.45, 2.75) is 44.4 Å². The Kier molecular flexibility index (Phi) is 4.57. The molecule has 0 bridgehead atoms. The fourth-order valence-corrected chi connectivity index (χ4v) is 3.84. The summed E-state index contributed by atoms with van der Waals surface area (Å²) in [5, 5.41) is 9.70. The summed E-state index contributed by atoms with van der Waals surface area (Å²) in [6.45, 7) is 0.381. The number of carbonyl (C=O) groups excluding carboxylic acids is 1. The Morgan fingerprint density at radius 2 is 2.11 bits per heavy atom. The van der Waals surface area contributed by atoms with E-state index >= 15 is 0 Å². The number of aliphatic hydroxyl groups excluding tert-OH is 1. The fourth-order valence-electron chi connectivity index (χ4n) is 3.84. The van der Waals surface area contributed by atoms with Crippen LogP contribution in [0.15, 0.2) is 35.4 Å². The number of aromatic amines is 2. The number of amides is 1. The van der Waals surface area contributed by atoms with Gasteiger partial charge in [0.1, 0.15) is 5.82 Å². The predicted molar refractivity (Wildman–Crippen MR) is 100 cm³/mol. The molecule has 3 aromatic rings. The van der Waals surface area contributed by atoms with Gasteiger partial charge in [0.05, 0.1) is 23.7 Å². The second kappa shape index (κ2) is 7.03. The number of hydrogen-bond acceptors (Lipinski definition) is 4. The third-order valence-corrected chi connectivity index (χ3v) is 5.28. The van der Waals surface area contributed by atoms with Crippen LogP contribution >= 0.6 is 0 Å². The highest BCUT2D eigenvalue weighted by molar-refractivity contribution is 5.97. The second-order valence-corrected chi connectivity index (χ2v) is 7.19. The first kappa shape index (κ1) is 17.5. The van der Waals surface area contributed by atoms with Crippen molar-refractivity contribution in [3.63, 3.8) is 0 Å². The number of hydrogen-bond donors (Lipinski definition) is 3. The van der Waals surface area contributed by atoms with Gasteiger partial charge in [-0.25, -0.2) is 9.78 Å². The molecule has 2 aromatic heterocycles. The molecule has 0 radical (unpaired) electrons. The molecule has 0 atom stereocenters. The molecule has 1 fully saturated rings. The third kappa shape index (κ3) is 3.40. The number of fused-ring (bicyclic) bond motifs is 1. The number of rotatable bonds is 4. The maximum atomic E-state index is 12.7. The average Bonchev–Trinajstić information content (AvgIpc) is 3.28. The fraction of sp³-hybridized carbons (Fsp3) is 0.421. The van der Waals surface area contributed by atoms with Crippen LogP contribution in [0.5, 0.6) is 0 Å². The number of benzene rings is 1. The zero-order chi connectivity index (χ0) is 19.0. The first-order chi connectivity index (χ1) is 13.0. The second-order valence-electron chi connectivity index (χ2n) is 7.19. The quantitative estimate of drug-likeness (QED) is 0.652. The van der Waals surface area contributed by atoms with E-state index < -0.39 is 0 Å². The molecule has 1 aliphatic carbocycles. The van der Waals surface area contributed by atoms with Gasteiger partial charge in [0.2, 0.25) is 0 Å². The average molecular weight is 369 g/mol. The summed E-state index contributed by atoms with van der Waals surface area (Å²) in [6.07, 6.45) is 6.07. The minimum absolute atomic E-state index is 0.0813. The number of H-pyrrole nitrogens is 2. The van der Waals surface area contributed by atoms with Gasteiger partial charge in [0.25, 0.3) is 5.91 Å². The molecule has 142 valence electrons. The Labute approximate surface area is 155 Å². The van der Waals surface area contributed by atoms with Gasteiger partial charge in [0, 0.05) is 31.0 Å². The van der Waals surface area contributed by atoms with E-state index in [1.165, 1.54) is 0 Å². The first-order valence-corrected chi connectivity index (χ1v) is 9.19. The van der Waals surface area contributed by atoms with Gasteiger partial charge in [-0.1, -0.05) is 0 Å². The normalized spacial score (nSPS) is 20.1. The van der Waals surface area contributed by atoms with Gasteiger partial charge in [-0.3, -0.25) is 9.36 Å². The zero-order valence-electron chi connectivity index (χ0n) is 15.2. The van der Waals surface area contributed by atoms with E-state index in [1.807, 2.05) is 6.07 Å². The number of aromatic nitrogens is 4. The highest BCUT2D eigenvalue weighted by Crippen LogP contribution is 2.30. The number of aliphatic hydroxyl groups is 1. The van der Waals surface area contributed by atoms with E-state index in [1.54, 1.807) is 41.0 Å². The van der Waals surface area contributed by atoms with Crippen molar-refractivity contribution in [3.05, 3.63) is 52.5 Å². The van der Waals surface area contributed by atoms with Crippen LogP contribution in [0.1, 0.15) is 47.9 Å². The summed E-state index contributed by atoms with van der Waals surface area (Å²) in [5.41, 5.74) is 1.80. The zero-order valence-corrected chi connectivity index (χ0v) is 15.2. The monoisotopic (exact) mass is 369 g/mol. The van der Waals surface area contributed by atoms with Gasteiger partial charge < -0.3 is 20.0 Å². The topological polar surface area (TPSA) is 107 Å². The molecular weight excluding hydrogens is 346 g/mol. The molecular formula is C19H23N5O3. The number of nitrogens with one attached hydrogen (secondary N) is 2. The minimum Gasteiger partial charge on any atom is -0.393 e. The van der Waals surface area contributed by atoms with Crippen LogP contribution in [0.25, 0.3) is 11.0 Å². The van der Waals surface area contributed by atoms with Crippen LogP contribution in [0.2, 0.25) is 0 Å². The van der Waals surface area contributed by atoms with Gasteiger partial charge in [-0.05, 0) is 43.9 Å². The molecule has 1 saturated carbocycles. The Balaban J connectivity index is 1.59. The van der Waals surface area contributed by atoms with Crippen molar-refractivity contribution in [1.29, 1.82) is 0 Å². The maximum absolute atomic E-state index is 12.7. The van der Waals surface area contributed by atoms with Crippen LogP contribution < -0.4 is 5.69 Å². The summed E-state index contributed by atoms with van der Waals surface area (Å²) >= 11 is 0.